The Morgan fingerprint density at radius 3 is 2.72 bits per heavy atom. The predicted octanol–water partition coefficient (Wildman–Crippen LogP) is 3.73. The molecule has 0 N–H and O–H groups in total. The van der Waals surface area contributed by atoms with Crippen LogP contribution in [0.4, 0.5) is 5.69 Å². The van der Waals surface area contributed by atoms with E-state index in [9.17, 15) is 19.7 Å². The van der Waals surface area contributed by atoms with E-state index in [0.29, 0.717) is 17.1 Å². The Hall–Kier alpha value is -2.78. The second-order valence-corrected chi connectivity index (χ2v) is 8.66. The number of Topliss-reactive ketones (excluding diaryl/α,β-unsaturated/α-hetero) is 1. The molecule has 1 aliphatic carbocycles. The third-order valence-electron chi connectivity index (χ3n) is 4.83. The van der Waals surface area contributed by atoms with Gasteiger partial charge in [-0.25, -0.2) is 4.79 Å². The summed E-state index contributed by atoms with van der Waals surface area (Å²) in [5.74, 6) is -0.0211. The monoisotopic (exact) mass is 427 g/mol. The van der Waals surface area contributed by atoms with Crippen LogP contribution in [-0.2, 0) is 19.4 Å². The Kier molecular flexibility index (Phi) is 5.59. The van der Waals surface area contributed by atoms with Gasteiger partial charge in [0, 0.05) is 33.8 Å². The molecule has 7 nitrogen and oxygen atoms in total. The van der Waals surface area contributed by atoms with Gasteiger partial charge in [-0.1, -0.05) is 17.8 Å². The van der Waals surface area contributed by atoms with E-state index in [0.717, 1.165) is 35.4 Å². The van der Waals surface area contributed by atoms with Crippen molar-refractivity contribution in [1.29, 1.82) is 0 Å². The van der Waals surface area contributed by atoms with Crippen LogP contribution in [0, 0.1) is 10.1 Å². The number of aromatic nitrogens is 2. The van der Waals surface area contributed by atoms with Crippen LogP contribution in [0.15, 0.2) is 51.6 Å². The van der Waals surface area contributed by atoms with Gasteiger partial charge in [0.15, 0.2) is 5.78 Å². The first-order valence-electron chi connectivity index (χ1n) is 9.08. The van der Waals surface area contributed by atoms with E-state index in [1.165, 1.54) is 36.0 Å². The van der Waals surface area contributed by atoms with Crippen molar-refractivity contribution in [3.05, 3.63) is 84.1 Å². The Morgan fingerprint density at radius 2 is 2.03 bits per heavy atom. The zero-order valence-electron chi connectivity index (χ0n) is 15.4. The summed E-state index contributed by atoms with van der Waals surface area (Å²) in [7, 11) is 0. The Morgan fingerprint density at radius 1 is 1.24 bits per heavy atom. The van der Waals surface area contributed by atoms with Gasteiger partial charge in [0.2, 0.25) is 0 Å². The van der Waals surface area contributed by atoms with Crippen LogP contribution in [-0.4, -0.2) is 26.0 Å². The van der Waals surface area contributed by atoms with Crippen LogP contribution in [0.2, 0.25) is 0 Å². The fourth-order valence-electron chi connectivity index (χ4n) is 3.41. The van der Waals surface area contributed by atoms with Crippen molar-refractivity contribution in [2.45, 2.75) is 30.8 Å². The lowest BCUT2D eigenvalue weighted by molar-refractivity contribution is -0.384. The second kappa shape index (κ2) is 8.30. The minimum atomic E-state index is -0.499. The number of rotatable bonds is 7. The number of hydrogen-bond donors (Lipinski definition) is 0. The van der Waals surface area contributed by atoms with Crippen LogP contribution < -0.4 is 5.69 Å². The molecule has 2 aromatic heterocycles. The van der Waals surface area contributed by atoms with Crippen LogP contribution in [0.1, 0.15) is 32.9 Å². The minimum Gasteiger partial charge on any atom is -0.293 e. The summed E-state index contributed by atoms with van der Waals surface area (Å²) in [4.78, 5) is 40.7. The van der Waals surface area contributed by atoms with Crippen molar-refractivity contribution in [1.82, 2.24) is 9.55 Å². The van der Waals surface area contributed by atoms with Gasteiger partial charge in [0.25, 0.3) is 5.69 Å². The van der Waals surface area contributed by atoms with Crippen molar-refractivity contribution in [2.24, 2.45) is 0 Å². The number of non-ortho nitro benzene ring substituents is 1. The number of carbonyl (C=O) groups is 1. The fraction of sp³-hybridized carbons (Fsp3) is 0.250. The number of nitro groups is 1. The highest BCUT2D eigenvalue weighted by Gasteiger charge is 2.23. The zero-order valence-corrected chi connectivity index (χ0v) is 17.0. The lowest BCUT2D eigenvalue weighted by atomic mass is 10.1. The van der Waals surface area contributed by atoms with Crippen LogP contribution >= 0.6 is 23.1 Å². The molecular formula is C20H17N3O4S2. The van der Waals surface area contributed by atoms with E-state index in [1.54, 1.807) is 15.9 Å². The molecule has 1 aliphatic rings. The molecule has 0 unspecified atom stereocenters. The molecule has 0 aliphatic heterocycles. The van der Waals surface area contributed by atoms with Crippen LogP contribution in [0.25, 0.3) is 0 Å². The van der Waals surface area contributed by atoms with Gasteiger partial charge in [-0.15, -0.1) is 11.3 Å². The van der Waals surface area contributed by atoms with Crippen molar-refractivity contribution >= 4 is 34.6 Å². The molecule has 2 heterocycles. The number of fused-ring (bicyclic) bond motifs is 1. The molecule has 9 heteroatoms. The Labute approximate surface area is 174 Å². The summed E-state index contributed by atoms with van der Waals surface area (Å²) >= 11 is 2.88. The van der Waals surface area contributed by atoms with Crippen LogP contribution in [0.5, 0.6) is 0 Å². The Bertz CT molecular complexity index is 1120. The summed E-state index contributed by atoms with van der Waals surface area (Å²) in [6.45, 7) is 0.526. The standard InChI is InChI=1S/C20H17N3O4S2/c24-18(13-6-8-14(9-7-13)23(26)27)12-29-19-16-4-1-5-17(16)22(20(25)21-19)11-15-3-2-10-28-15/h2-3,6-10H,1,4-5,11-12H2. The summed E-state index contributed by atoms with van der Waals surface area (Å²) in [6, 6.07) is 9.52. The summed E-state index contributed by atoms with van der Waals surface area (Å²) in [6.07, 6.45) is 2.65. The molecule has 1 aromatic carbocycles. The summed E-state index contributed by atoms with van der Waals surface area (Å²) in [5, 5.41) is 13.4. The molecule has 0 saturated carbocycles. The topological polar surface area (TPSA) is 95.1 Å². The summed E-state index contributed by atoms with van der Waals surface area (Å²) < 4.78 is 1.75. The average Bonchev–Trinajstić information content (AvgIpc) is 3.40. The molecule has 0 atom stereocenters. The van der Waals surface area contributed by atoms with Crippen molar-refractivity contribution < 1.29 is 9.72 Å². The van der Waals surface area contributed by atoms with Gasteiger partial charge in [-0.05, 0) is 42.8 Å². The highest BCUT2D eigenvalue weighted by Crippen LogP contribution is 2.30. The largest absolute Gasteiger partial charge is 0.349 e. The maximum Gasteiger partial charge on any atom is 0.349 e. The number of nitro benzene ring substituents is 1. The molecule has 0 spiro atoms. The predicted molar refractivity (Wildman–Crippen MR) is 112 cm³/mol. The first-order valence-corrected chi connectivity index (χ1v) is 10.9. The average molecular weight is 428 g/mol. The number of hydrogen-bond acceptors (Lipinski definition) is 7. The SMILES string of the molecule is O=C(CSc1nc(=O)n(Cc2cccs2)c2c1CCC2)c1ccc([N+](=O)[O-])cc1. The van der Waals surface area contributed by atoms with Crippen molar-refractivity contribution in [3.63, 3.8) is 0 Å². The van der Waals surface area contributed by atoms with E-state index in [-0.39, 0.29) is 22.9 Å². The van der Waals surface area contributed by atoms with E-state index >= 15 is 0 Å². The first-order chi connectivity index (χ1) is 14.0. The minimum absolute atomic E-state index is 0.0527. The molecule has 0 fully saturated rings. The molecule has 29 heavy (non-hydrogen) atoms. The second-order valence-electron chi connectivity index (χ2n) is 6.66. The molecule has 0 bridgehead atoms. The van der Waals surface area contributed by atoms with E-state index in [1.807, 2.05) is 17.5 Å². The van der Waals surface area contributed by atoms with Gasteiger partial charge in [0.05, 0.1) is 17.2 Å². The highest BCUT2D eigenvalue weighted by molar-refractivity contribution is 8.00. The van der Waals surface area contributed by atoms with Gasteiger partial charge in [-0.2, -0.15) is 4.98 Å². The normalized spacial score (nSPS) is 12.7. The quantitative estimate of drug-likeness (QED) is 0.187. The third-order valence-corrected chi connectivity index (χ3v) is 6.71. The lowest BCUT2D eigenvalue weighted by Gasteiger charge is -2.13. The molecule has 0 radical (unpaired) electrons. The number of thiophene rings is 1. The lowest BCUT2D eigenvalue weighted by Crippen LogP contribution is -2.27. The third kappa shape index (κ3) is 4.15. The Balaban J connectivity index is 1.53. The number of nitrogens with zero attached hydrogens (tertiary/aromatic N) is 3. The maximum absolute atomic E-state index is 12.6. The summed E-state index contributed by atoms with van der Waals surface area (Å²) in [5.41, 5.74) is 2.14. The van der Waals surface area contributed by atoms with E-state index < -0.39 is 4.92 Å². The van der Waals surface area contributed by atoms with Crippen LogP contribution in [0.3, 0.4) is 0 Å². The highest BCUT2D eigenvalue weighted by atomic mass is 32.2. The molecule has 0 saturated heterocycles. The smallest absolute Gasteiger partial charge is 0.293 e. The van der Waals surface area contributed by atoms with Crippen molar-refractivity contribution in [2.75, 3.05) is 5.75 Å². The van der Waals surface area contributed by atoms with Gasteiger partial charge in [0.1, 0.15) is 5.03 Å². The molecular weight excluding hydrogens is 410 g/mol. The van der Waals surface area contributed by atoms with E-state index in [2.05, 4.69) is 4.98 Å². The molecule has 148 valence electrons. The number of carbonyl (C=O) groups excluding carboxylic acids is 1. The number of ketones is 1. The number of benzene rings is 1. The fourth-order valence-corrected chi connectivity index (χ4v) is 5.08. The molecule has 3 aromatic rings. The van der Waals surface area contributed by atoms with Crippen molar-refractivity contribution in [3.8, 4) is 0 Å². The van der Waals surface area contributed by atoms with Gasteiger partial charge in [-0.3, -0.25) is 19.5 Å². The van der Waals surface area contributed by atoms with Gasteiger partial charge < -0.3 is 0 Å². The first kappa shape index (κ1) is 19.5. The van der Waals surface area contributed by atoms with Gasteiger partial charge >= 0.3 is 5.69 Å². The number of thioether (sulfide) groups is 1. The molecule has 4 rings (SSSR count). The van der Waals surface area contributed by atoms with E-state index in [4.69, 9.17) is 0 Å². The molecule has 0 amide bonds. The maximum atomic E-state index is 12.6. The zero-order chi connectivity index (χ0) is 20.4.